The Hall–Kier alpha value is -2.98. The molecule has 1 N–H and O–H groups in total. The van der Waals surface area contributed by atoms with Crippen molar-refractivity contribution in [3.8, 4) is 28.7 Å². The smallest absolute Gasteiger partial charge is 0.277 e. The van der Waals surface area contributed by atoms with Gasteiger partial charge in [-0.3, -0.25) is 4.79 Å². The van der Waals surface area contributed by atoms with Crippen LogP contribution in [0, 0.1) is 5.82 Å². The summed E-state index contributed by atoms with van der Waals surface area (Å²) in [5.74, 6) is 0.911. The largest absolute Gasteiger partial charge is 0.490 e. The van der Waals surface area contributed by atoms with E-state index in [9.17, 15) is 9.18 Å². The second-order valence-corrected chi connectivity index (χ2v) is 8.55. The molecule has 0 aliphatic heterocycles. The Labute approximate surface area is 206 Å². The van der Waals surface area contributed by atoms with Crippen LogP contribution in [-0.2, 0) is 4.79 Å². The Morgan fingerprint density at radius 1 is 1.09 bits per heavy atom. The zero-order valence-electron chi connectivity index (χ0n) is 19.2. The monoisotopic (exact) mass is 509 g/mol. The Morgan fingerprint density at radius 3 is 2.32 bits per heavy atom. The summed E-state index contributed by atoms with van der Waals surface area (Å²) in [7, 11) is 0. The second kappa shape index (κ2) is 11.9. The van der Waals surface area contributed by atoms with E-state index in [1.54, 1.807) is 19.1 Å². The molecule has 0 spiro atoms. The first-order chi connectivity index (χ1) is 16.4. The fraction of sp³-hybridized carbons (Fsp3) is 0.348. The van der Waals surface area contributed by atoms with Gasteiger partial charge in [0, 0.05) is 5.56 Å². The van der Waals surface area contributed by atoms with Crippen molar-refractivity contribution < 1.29 is 27.8 Å². The van der Waals surface area contributed by atoms with Crippen molar-refractivity contribution in [3.05, 3.63) is 41.2 Å². The molecule has 0 aliphatic rings. The summed E-state index contributed by atoms with van der Waals surface area (Å²) in [6, 6.07) is 7.23. The molecule has 0 bridgehead atoms. The number of amides is 1. The lowest BCUT2D eigenvalue weighted by Gasteiger charge is -2.16. The van der Waals surface area contributed by atoms with E-state index in [0.29, 0.717) is 48.3 Å². The van der Waals surface area contributed by atoms with Crippen LogP contribution in [0.25, 0.3) is 11.5 Å². The third-order valence-corrected chi connectivity index (χ3v) is 5.65. The number of carbonyl (C=O) groups excluding carboxylic acids is 1. The molecule has 0 aliphatic carbocycles. The molecule has 1 heterocycles. The average molecular weight is 510 g/mol. The number of thioether (sulfide) groups is 1. The molecular weight excluding hydrogens is 485 g/mol. The molecule has 3 aromatic rings. The highest BCUT2D eigenvalue weighted by atomic mass is 35.5. The molecule has 2 aromatic carbocycles. The Morgan fingerprint density at radius 2 is 1.74 bits per heavy atom. The number of benzene rings is 2. The van der Waals surface area contributed by atoms with Crippen molar-refractivity contribution in [1.82, 2.24) is 10.2 Å². The molecule has 1 atom stereocenters. The molecule has 34 heavy (non-hydrogen) atoms. The summed E-state index contributed by atoms with van der Waals surface area (Å²) in [6.07, 6.45) is 0. The van der Waals surface area contributed by atoms with E-state index in [4.69, 9.17) is 30.2 Å². The van der Waals surface area contributed by atoms with Gasteiger partial charge >= 0.3 is 0 Å². The number of carbonyl (C=O) groups is 1. The maximum Gasteiger partial charge on any atom is 0.277 e. The van der Waals surface area contributed by atoms with Crippen LogP contribution in [0.4, 0.5) is 10.1 Å². The van der Waals surface area contributed by atoms with Gasteiger partial charge in [-0.05, 0) is 58.0 Å². The minimum absolute atomic E-state index is 0.108. The first-order valence-corrected chi connectivity index (χ1v) is 11.9. The van der Waals surface area contributed by atoms with E-state index in [1.165, 1.54) is 12.1 Å². The minimum Gasteiger partial charge on any atom is -0.490 e. The molecule has 8 nitrogen and oxygen atoms in total. The van der Waals surface area contributed by atoms with Crippen molar-refractivity contribution in [1.29, 1.82) is 0 Å². The summed E-state index contributed by atoms with van der Waals surface area (Å²) in [5.41, 5.74) is 0.901. The lowest BCUT2D eigenvalue weighted by atomic mass is 10.2. The van der Waals surface area contributed by atoms with Crippen LogP contribution in [0.5, 0.6) is 17.2 Å². The predicted octanol–water partition coefficient (Wildman–Crippen LogP) is 5.84. The van der Waals surface area contributed by atoms with E-state index >= 15 is 0 Å². The van der Waals surface area contributed by atoms with Gasteiger partial charge in [-0.25, -0.2) is 4.39 Å². The molecule has 1 aromatic heterocycles. The molecule has 3 rings (SSSR count). The Bertz CT molecular complexity index is 1120. The van der Waals surface area contributed by atoms with Crippen molar-refractivity contribution in [3.63, 3.8) is 0 Å². The Kier molecular flexibility index (Phi) is 9.00. The fourth-order valence-electron chi connectivity index (χ4n) is 2.92. The molecule has 0 radical (unpaired) electrons. The number of hydrogen-bond donors (Lipinski definition) is 1. The van der Waals surface area contributed by atoms with Crippen LogP contribution in [0.2, 0.25) is 5.02 Å². The number of anilines is 1. The average Bonchev–Trinajstić information content (AvgIpc) is 3.26. The zero-order chi connectivity index (χ0) is 24.7. The zero-order valence-corrected chi connectivity index (χ0v) is 20.8. The predicted molar refractivity (Wildman–Crippen MR) is 129 cm³/mol. The summed E-state index contributed by atoms with van der Waals surface area (Å²) < 4.78 is 36.2. The number of hydrogen-bond acceptors (Lipinski definition) is 8. The van der Waals surface area contributed by atoms with Crippen LogP contribution in [0.3, 0.4) is 0 Å². The van der Waals surface area contributed by atoms with Gasteiger partial charge in [-0.2, -0.15) is 0 Å². The number of nitrogens with one attached hydrogen (secondary N) is 1. The SMILES string of the molecule is CCOc1cc(-c2nnc(S[C@H](C)C(=O)Nc3ccc(F)cc3Cl)o2)cc(OCC)c1OCC. The number of nitrogens with zero attached hydrogens (tertiary/aromatic N) is 2. The van der Waals surface area contributed by atoms with Crippen LogP contribution in [-0.4, -0.2) is 41.2 Å². The first-order valence-electron chi connectivity index (χ1n) is 10.7. The quantitative estimate of drug-likeness (QED) is 0.322. The third kappa shape index (κ3) is 6.32. The summed E-state index contributed by atoms with van der Waals surface area (Å²) in [6.45, 7) is 8.62. The highest BCUT2D eigenvalue weighted by Crippen LogP contribution is 2.42. The van der Waals surface area contributed by atoms with E-state index < -0.39 is 11.1 Å². The molecule has 11 heteroatoms. The summed E-state index contributed by atoms with van der Waals surface area (Å²) in [5, 5.41) is 10.5. The summed E-state index contributed by atoms with van der Waals surface area (Å²) in [4.78, 5) is 12.5. The Balaban J connectivity index is 1.78. The van der Waals surface area contributed by atoms with Gasteiger partial charge in [-0.15, -0.1) is 10.2 Å². The molecule has 0 unspecified atom stereocenters. The fourth-order valence-corrected chi connectivity index (χ4v) is 3.81. The van der Waals surface area contributed by atoms with Crippen LogP contribution >= 0.6 is 23.4 Å². The van der Waals surface area contributed by atoms with Gasteiger partial charge < -0.3 is 23.9 Å². The minimum atomic E-state index is -0.590. The first kappa shape index (κ1) is 25.6. The van der Waals surface area contributed by atoms with Crippen LogP contribution < -0.4 is 19.5 Å². The van der Waals surface area contributed by atoms with Crippen molar-refractivity contribution in [2.45, 2.75) is 38.2 Å². The molecule has 1 amide bonds. The van der Waals surface area contributed by atoms with Gasteiger partial charge in [0.15, 0.2) is 11.5 Å². The summed E-state index contributed by atoms with van der Waals surface area (Å²) >= 11 is 7.06. The third-order valence-electron chi connectivity index (χ3n) is 4.40. The maximum absolute atomic E-state index is 13.2. The molecular formula is C23H25ClFN3O5S. The topological polar surface area (TPSA) is 95.7 Å². The van der Waals surface area contributed by atoms with Crippen molar-refractivity contribution in [2.24, 2.45) is 0 Å². The van der Waals surface area contributed by atoms with Crippen molar-refractivity contribution >= 4 is 35.0 Å². The van der Waals surface area contributed by atoms with Crippen LogP contribution in [0.15, 0.2) is 40.0 Å². The van der Waals surface area contributed by atoms with Crippen molar-refractivity contribution in [2.75, 3.05) is 25.1 Å². The van der Waals surface area contributed by atoms with E-state index in [1.807, 2.05) is 20.8 Å². The number of halogens is 2. The van der Waals surface area contributed by atoms with E-state index in [0.717, 1.165) is 17.8 Å². The highest BCUT2D eigenvalue weighted by molar-refractivity contribution is 8.00. The second-order valence-electron chi connectivity index (χ2n) is 6.85. The number of rotatable bonds is 11. The van der Waals surface area contributed by atoms with Gasteiger partial charge in [0.05, 0.1) is 35.8 Å². The van der Waals surface area contributed by atoms with E-state index in [2.05, 4.69) is 15.5 Å². The lowest BCUT2D eigenvalue weighted by Crippen LogP contribution is -2.22. The van der Waals surface area contributed by atoms with E-state index in [-0.39, 0.29) is 22.0 Å². The van der Waals surface area contributed by atoms with Gasteiger partial charge in [0.1, 0.15) is 5.82 Å². The molecule has 0 fully saturated rings. The molecule has 182 valence electrons. The normalized spacial score (nSPS) is 11.7. The number of aromatic nitrogens is 2. The standard InChI is InChI=1S/C23H25ClFN3O5S/c1-5-30-18-10-14(11-19(31-6-2)20(18)32-7-3)22-27-28-23(33-22)34-13(4)21(29)26-17-9-8-15(25)12-16(17)24/h8-13H,5-7H2,1-4H3,(H,26,29)/t13-/m1/s1. The number of ether oxygens (including phenoxy) is 3. The maximum atomic E-state index is 13.2. The lowest BCUT2D eigenvalue weighted by molar-refractivity contribution is -0.115. The van der Waals surface area contributed by atoms with Gasteiger partial charge in [0.25, 0.3) is 5.22 Å². The van der Waals surface area contributed by atoms with Gasteiger partial charge in [0.2, 0.25) is 17.5 Å². The highest BCUT2D eigenvalue weighted by Gasteiger charge is 2.22. The molecule has 0 saturated carbocycles. The molecule has 0 saturated heterocycles. The van der Waals surface area contributed by atoms with Crippen LogP contribution in [0.1, 0.15) is 27.7 Å². The van der Waals surface area contributed by atoms with Gasteiger partial charge in [-0.1, -0.05) is 23.4 Å².